The minimum atomic E-state index is -2.44. The van der Waals surface area contributed by atoms with Crippen LogP contribution in [0.1, 0.15) is 75.7 Å². The molecule has 0 saturated carbocycles. The van der Waals surface area contributed by atoms with Gasteiger partial charge in [0.2, 0.25) is 0 Å². The molecule has 0 aromatic rings. The first-order valence-corrected chi connectivity index (χ1v) is 23.4. The van der Waals surface area contributed by atoms with Crippen molar-refractivity contribution in [1.82, 2.24) is 0 Å². The smallest absolute Gasteiger partial charge is 0.333 e. The fourth-order valence-corrected chi connectivity index (χ4v) is 27.2. The Balaban J connectivity index is 5.84. The third-order valence-electron chi connectivity index (χ3n) is 7.91. The zero-order chi connectivity index (χ0) is 26.5. The fourth-order valence-electron chi connectivity index (χ4n) is 4.69. The van der Waals surface area contributed by atoms with Gasteiger partial charge in [0, 0.05) is 5.57 Å². The molecule has 202 valence electrons. The molecule has 0 atom stereocenters. The maximum absolute atomic E-state index is 11.8. The molecule has 0 radical (unpaired) electrons. The average Bonchev–Trinajstić information content (AvgIpc) is 2.87. The predicted octanol–water partition coefficient (Wildman–Crippen LogP) is 8.50. The van der Waals surface area contributed by atoms with E-state index in [-0.39, 0.29) is 5.97 Å². The maximum Gasteiger partial charge on any atom is 0.333 e. The summed E-state index contributed by atoms with van der Waals surface area (Å²) in [5.41, 5.74) is 0.453. The van der Waals surface area contributed by atoms with E-state index in [2.05, 4.69) is 68.9 Å². The van der Waals surface area contributed by atoms with Crippen LogP contribution in [0.4, 0.5) is 0 Å². The topological polar surface area (TPSA) is 54.0 Å². The van der Waals surface area contributed by atoms with Crippen molar-refractivity contribution in [2.24, 2.45) is 0 Å². The highest BCUT2D eigenvalue weighted by Crippen LogP contribution is 2.38. The molecule has 0 aromatic carbocycles. The Labute approximate surface area is 216 Å². The van der Waals surface area contributed by atoms with Crippen LogP contribution in [0.2, 0.25) is 60.4 Å². The molecule has 0 spiro atoms. The van der Waals surface area contributed by atoms with Gasteiger partial charge < -0.3 is 17.1 Å². The molecule has 0 aliphatic heterocycles. The summed E-state index contributed by atoms with van der Waals surface area (Å²) >= 11 is 0. The van der Waals surface area contributed by atoms with Gasteiger partial charge in [-0.2, -0.15) is 0 Å². The molecular formula is C25H56O5Si4. The van der Waals surface area contributed by atoms with E-state index in [9.17, 15) is 4.79 Å². The normalized spacial score (nSPS) is 13.2. The summed E-state index contributed by atoms with van der Waals surface area (Å²) in [5, 5.41) is 0. The second-order valence-corrected chi connectivity index (χ2v) is 27.4. The minimum Gasteiger partial charge on any atom is -0.462 e. The van der Waals surface area contributed by atoms with E-state index in [1.165, 1.54) is 0 Å². The van der Waals surface area contributed by atoms with Crippen molar-refractivity contribution in [3.8, 4) is 0 Å². The summed E-state index contributed by atoms with van der Waals surface area (Å²) in [7, 11) is -8.62. The molecule has 0 heterocycles. The van der Waals surface area contributed by atoms with Crippen molar-refractivity contribution in [3.63, 3.8) is 0 Å². The van der Waals surface area contributed by atoms with Crippen LogP contribution in [0.3, 0.4) is 0 Å². The summed E-state index contributed by atoms with van der Waals surface area (Å²) in [6, 6.07) is 10.4. The Morgan fingerprint density at radius 2 is 1.00 bits per heavy atom. The van der Waals surface area contributed by atoms with Crippen molar-refractivity contribution in [1.29, 1.82) is 0 Å². The van der Waals surface area contributed by atoms with Gasteiger partial charge in [-0.25, -0.2) is 4.79 Å². The van der Waals surface area contributed by atoms with Crippen molar-refractivity contribution in [2.45, 2.75) is 136 Å². The molecule has 0 fully saturated rings. The highest BCUT2D eigenvalue weighted by atomic mass is 28.5. The average molecular weight is 549 g/mol. The van der Waals surface area contributed by atoms with E-state index in [1.807, 2.05) is 0 Å². The first-order chi connectivity index (χ1) is 16.0. The van der Waals surface area contributed by atoms with Gasteiger partial charge in [-0.15, -0.1) is 0 Å². The van der Waals surface area contributed by atoms with Crippen molar-refractivity contribution < 1.29 is 21.9 Å². The lowest BCUT2D eigenvalue weighted by atomic mass is 10.4. The number of ether oxygens (including phenoxy) is 1. The van der Waals surface area contributed by atoms with Crippen LogP contribution in [0.15, 0.2) is 12.2 Å². The molecule has 0 amide bonds. The van der Waals surface area contributed by atoms with Gasteiger partial charge >= 0.3 is 23.1 Å². The molecule has 9 heteroatoms. The molecule has 34 heavy (non-hydrogen) atoms. The number of hydrogen-bond donors (Lipinski definition) is 0. The molecule has 0 aromatic heterocycles. The van der Waals surface area contributed by atoms with E-state index in [1.54, 1.807) is 6.92 Å². The number of rotatable bonds is 20. The van der Waals surface area contributed by atoms with Crippen LogP contribution in [-0.4, -0.2) is 46.3 Å². The second-order valence-electron chi connectivity index (χ2n) is 9.70. The molecular weight excluding hydrogens is 493 g/mol. The van der Waals surface area contributed by atoms with Crippen molar-refractivity contribution >= 4 is 39.7 Å². The third-order valence-corrected chi connectivity index (χ3v) is 29.3. The van der Waals surface area contributed by atoms with Crippen LogP contribution in [-0.2, 0) is 21.9 Å². The molecule has 0 unspecified atom stereocenters. The van der Waals surface area contributed by atoms with Gasteiger partial charge in [0.15, 0.2) is 16.6 Å². The van der Waals surface area contributed by atoms with Gasteiger partial charge in [0.05, 0.1) is 6.61 Å². The maximum atomic E-state index is 11.8. The van der Waals surface area contributed by atoms with E-state index in [4.69, 9.17) is 17.1 Å². The zero-order valence-corrected chi connectivity index (χ0v) is 28.2. The van der Waals surface area contributed by atoms with E-state index >= 15 is 0 Å². The molecule has 0 N–H and O–H groups in total. The lowest BCUT2D eigenvalue weighted by Gasteiger charge is -2.47. The summed E-state index contributed by atoms with van der Waals surface area (Å²) in [5.74, 6) is -0.301. The molecule has 0 bridgehead atoms. The highest BCUT2D eigenvalue weighted by Gasteiger charge is 2.51. The van der Waals surface area contributed by atoms with Crippen molar-refractivity contribution in [3.05, 3.63) is 12.2 Å². The monoisotopic (exact) mass is 548 g/mol. The Bertz CT molecular complexity index is 590. The Morgan fingerprint density at radius 3 is 1.32 bits per heavy atom. The van der Waals surface area contributed by atoms with Crippen LogP contribution in [0.5, 0.6) is 0 Å². The SMILES string of the molecule is C=C(C)C(=O)OCCC[Si](CC)(CC)O[Si](CC)(CC)O[Si](CC)(CC)O[Si](CC)(CC)CC. The fraction of sp³-hybridized carbons (Fsp3) is 0.880. The quantitative estimate of drug-likeness (QED) is 0.0660. The molecule has 0 rings (SSSR count). The minimum absolute atomic E-state index is 0.301. The largest absolute Gasteiger partial charge is 0.462 e. The van der Waals surface area contributed by atoms with Crippen molar-refractivity contribution in [2.75, 3.05) is 6.61 Å². The van der Waals surface area contributed by atoms with E-state index in [0.717, 1.165) is 66.9 Å². The lowest BCUT2D eigenvalue weighted by molar-refractivity contribution is -0.138. The number of carbonyl (C=O) groups excluding carboxylic acids is 1. The highest BCUT2D eigenvalue weighted by molar-refractivity contribution is 6.91. The third kappa shape index (κ3) is 9.44. The Hall–Kier alpha value is -0.0425. The summed E-state index contributed by atoms with van der Waals surface area (Å²) in [6.07, 6.45) is 0.836. The summed E-state index contributed by atoms with van der Waals surface area (Å²) in [6.45, 7) is 26.3. The molecule has 0 aliphatic rings. The Kier molecular flexibility index (Phi) is 15.9. The molecule has 0 saturated heterocycles. The van der Waals surface area contributed by atoms with Gasteiger partial charge in [-0.05, 0) is 73.8 Å². The number of esters is 1. The van der Waals surface area contributed by atoms with Crippen LogP contribution in [0.25, 0.3) is 0 Å². The van der Waals surface area contributed by atoms with Gasteiger partial charge in [0.25, 0.3) is 0 Å². The van der Waals surface area contributed by atoms with Crippen LogP contribution >= 0.6 is 0 Å². The summed E-state index contributed by atoms with van der Waals surface area (Å²) < 4.78 is 27.2. The van der Waals surface area contributed by atoms with Crippen LogP contribution < -0.4 is 0 Å². The predicted molar refractivity (Wildman–Crippen MR) is 156 cm³/mol. The first-order valence-electron chi connectivity index (χ1n) is 13.9. The summed E-state index contributed by atoms with van der Waals surface area (Å²) in [4.78, 5) is 11.8. The number of hydrogen-bond acceptors (Lipinski definition) is 5. The van der Waals surface area contributed by atoms with E-state index in [0.29, 0.717) is 12.2 Å². The van der Waals surface area contributed by atoms with E-state index < -0.39 is 33.8 Å². The van der Waals surface area contributed by atoms with Crippen LogP contribution in [0, 0.1) is 0 Å². The second kappa shape index (κ2) is 15.9. The van der Waals surface area contributed by atoms with Gasteiger partial charge in [0.1, 0.15) is 0 Å². The molecule has 5 nitrogen and oxygen atoms in total. The lowest BCUT2D eigenvalue weighted by Crippen LogP contribution is -2.61. The number of carbonyl (C=O) groups is 1. The first kappa shape index (κ1) is 34.0. The molecule has 0 aliphatic carbocycles. The zero-order valence-electron chi connectivity index (χ0n) is 24.2. The standard InChI is InChI=1S/C25H56O5Si4/c1-12-31(13-2,14-3)28-33(17-6,18-7)30-34(19-8,20-9)29-32(15-4,16-5)23-21-22-27-25(26)24(10)11/h10,12-23H2,1-9,11H3. The van der Waals surface area contributed by atoms with Gasteiger partial charge in [-0.3, -0.25) is 0 Å². The van der Waals surface area contributed by atoms with Gasteiger partial charge in [-0.1, -0.05) is 68.9 Å². The Morgan fingerprint density at radius 1 is 0.618 bits per heavy atom.